The Labute approximate surface area is 308 Å². The van der Waals surface area contributed by atoms with E-state index >= 15 is 0 Å². The van der Waals surface area contributed by atoms with E-state index in [4.69, 9.17) is 28.8 Å². The van der Waals surface area contributed by atoms with Crippen LogP contribution in [0.4, 0.5) is 0 Å². The van der Waals surface area contributed by atoms with E-state index in [1.54, 1.807) is 25.1 Å². The molecule has 0 spiro atoms. The Kier molecular flexibility index (Phi) is 16.3. The monoisotopic (exact) mass is 714 g/mol. The molecule has 1 aliphatic rings. The smallest absolute Gasteiger partial charge is 0.336 e. The third-order valence-corrected chi connectivity index (χ3v) is 9.65. The van der Waals surface area contributed by atoms with Gasteiger partial charge in [-0.2, -0.15) is 0 Å². The summed E-state index contributed by atoms with van der Waals surface area (Å²) in [4.78, 5) is 24.4. The fourth-order valence-electron chi connectivity index (χ4n) is 6.21. The molecule has 3 aromatic carbocycles. The lowest BCUT2D eigenvalue weighted by molar-refractivity contribution is -0.146. The molecule has 2 N–H and O–H groups in total. The molecule has 9 heteroatoms. The number of ether oxygens (including phenoxy) is 5. The first-order valence-corrected chi connectivity index (χ1v) is 18.4. The Morgan fingerprint density at radius 1 is 0.769 bits per heavy atom. The topological polar surface area (TPSA) is 121 Å². The van der Waals surface area contributed by atoms with Crippen LogP contribution in [-0.4, -0.2) is 49.0 Å². The normalized spacial score (nSPS) is 16.0. The molecule has 1 atom stereocenters. The third kappa shape index (κ3) is 12.6. The second-order valence-corrected chi connectivity index (χ2v) is 13.5. The van der Waals surface area contributed by atoms with Crippen LogP contribution in [0.2, 0.25) is 0 Å². The predicted molar refractivity (Wildman–Crippen MR) is 201 cm³/mol. The van der Waals surface area contributed by atoms with Crippen LogP contribution in [0.25, 0.3) is 11.1 Å². The van der Waals surface area contributed by atoms with Crippen molar-refractivity contribution in [1.82, 2.24) is 0 Å². The van der Waals surface area contributed by atoms with Gasteiger partial charge in [0.2, 0.25) is 13.6 Å². The van der Waals surface area contributed by atoms with Crippen molar-refractivity contribution < 1.29 is 43.5 Å². The summed E-state index contributed by atoms with van der Waals surface area (Å²) in [5.74, 6) is 1.27. The van der Waals surface area contributed by atoms with Gasteiger partial charge in [-0.3, -0.25) is 0 Å². The van der Waals surface area contributed by atoms with E-state index in [1.165, 1.54) is 56.9 Å². The molecule has 9 nitrogen and oxygen atoms in total. The average molecular weight is 715 g/mol. The maximum Gasteiger partial charge on any atom is 0.336 e. The van der Waals surface area contributed by atoms with Crippen molar-refractivity contribution in [2.24, 2.45) is 11.8 Å². The minimum Gasteiger partial charge on any atom is -0.489 e. The Balaban J connectivity index is 1.35. The van der Waals surface area contributed by atoms with Gasteiger partial charge in [-0.25, -0.2) is 9.59 Å². The van der Waals surface area contributed by atoms with Crippen LogP contribution in [0.15, 0.2) is 91.0 Å². The number of esters is 2. The summed E-state index contributed by atoms with van der Waals surface area (Å²) < 4.78 is 27.9. The Hall–Kier alpha value is -4.60. The lowest BCUT2D eigenvalue weighted by atomic mass is 9.77. The van der Waals surface area contributed by atoms with Crippen LogP contribution in [0, 0.1) is 11.8 Å². The van der Waals surface area contributed by atoms with E-state index in [1.807, 2.05) is 24.3 Å². The number of rotatable bonds is 21. The molecule has 3 aromatic rings. The van der Waals surface area contributed by atoms with Crippen molar-refractivity contribution >= 4 is 11.9 Å². The summed E-state index contributed by atoms with van der Waals surface area (Å²) >= 11 is 0. The maximum atomic E-state index is 12.3. The highest BCUT2D eigenvalue weighted by Crippen LogP contribution is 2.38. The fraction of sp³-hybridized carbons (Fsp3) is 0.442. The van der Waals surface area contributed by atoms with Crippen molar-refractivity contribution in [3.05, 3.63) is 102 Å². The van der Waals surface area contributed by atoms with Crippen LogP contribution in [0.3, 0.4) is 0 Å². The SMILES string of the molecule is C=C(CCO)C(=O)OCOc1cc(OCOC(=O)C(=C)C(C)CO)cc(-c2ccc(COc3ccc(C4CCC(CCCCC)CC4)cc3)cc2)c1. The van der Waals surface area contributed by atoms with Crippen LogP contribution in [0.5, 0.6) is 17.2 Å². The molecule has 1 aliphatic carbocycles. The number of hydrogen-bond donors (Lipinski definition) is 2. The molecule has 1 unspecified atom stereocenters. The lowest BCUT2D eigenvalue weighted by Crippen LogP contribution is -2.18. The third-order valence-electron chi connectivity index (χ3n) is 9.65. The Bertz CT molecular complexity index is 1590. The van der Waals surface area contributed by atoms with Gasteiger partial charge < -0.3 is 33.9 Å². The van der Waals surface area contributed by atoms with Crippen LogP contribution >= 0.6 is 0 Å². The zero-order valence-corrected chi connectivity index (χ0v) is 30.6. The maximum absolute atomic E-state index is 12.3. The first kappa shape index (κ1) is 40.2. The second-order valence-electron chi connectivity index (χ2n) is 13.5. The quantitative estimate of drug-likeness (QED) is 0.0483. The number of carbonyl (C=O) groups is 2. The summed E-state index contributed by atoms with van der Waals surface area (Å²) in [5.41, 5.74) is 4.28. The van der Waals surface area contributed by atoms with Crippen LogP contribution in [0.1, 0.15) is 88.7 Å². The van der Waals surface area contributed by atoms with Gasteiger partial charge >= 0.3 is 11.9 Å². The molecule has 0 aromatic heterocycles. The van der Waals surface area contributed by atoms with Gasteiger partial charge in [0.15, 0.2) is 0 Å². The van der Waals surface area contributed by atoms with Gasteiger partial charge in [-0.05, 0) is 84.0 Å². The molecular weight excluding hydrogens is 660 g/mol. The number of carbonyl (C=O) groups excluding carboxylic acids is 2. The number of aliphatic hydroxyl groups is 2. The van der Waals surface area contributed by atoms with E-state index in [9.17, 15) is 14.7 Å². The molecule has 0 bridgehead atoms. The summed E-state index contributed by atoms with van der Waals surface area (Å²) in [6.45, 7) is 10.4. The minimum absolute atomic E-state index is 0.0991. The predicted octanol–water partition coefficient (Wildman–Crippen LogP) is 8.67. The highest BCUT2D eigenvalue weighted by Gasteiger charge is 2.22. The number of benzene rings is 3. The van der Waals surface area contributed by atoms with Crippen molar-refractivity contribution in [2.45, 2.75) is 84.2 Å². The molecular formula is C43H54O9. The van der Waals surface area contributed by atoms with Gasteiger partial charge in [0.1, 0.15) is 23.9 Å². The van der Waals surface area contributed by atoms with Crippen molar-refractivity contribution in [3.8, 4) is 28.4 Å². The van der Waals surface area contributed by atoms with Crippen molar-refractivity contribution in [2.75, 3.05) is 26.8 Å². The zero-order chi connectivity index (χ0) is 37.3. The van der Waals surface area contributed by atoms with Gasteiger partial charge in [0, 0.05) is 42.8 Å². The highest BCUT2D eigenvalue weighted by atomic mass is 16.7. The first-order chi connectivity index (χ1) is 25.2. The van der Waals surface area contributed by atoms with Gasteiger partial charge in [-0.15, -0.1) is 0 Å². The summed E-state index contributed by atoms with van der Waals surface area (Å²) in [7, 11) is 0. The molecule has 0 radical (unpaired) electrons. The summed E-state index contributed by atoms with van der Waals surface area (Å²) in [5, 5.41) is 18.3. The molecule has 1 saturated carbocycles. The molecule has 0 amide bonds. The molecule has 52 heavy (non-hydrogen) atoms. The van der Waals surface area contributed by atoms with E-state index in [0.717, 1.165) is 28.4 Å². The summed E-state index contributed by atoms with van der Waals surface area (Å²) in [6.07, 6.45) is 10.7. The molecule has 4 rings (SSSR count). The lowest BCUT2D eigenvalue weighted by Gasteiger charge is -2.29. The Morgan fingerprint density at radius 3 is 2.00 bits per heavy atom. The Morgan fingerprint density at radius 2 is 1.40 bits per heavy atom. The van der Waals surface area contributed by atoms with Gasteiger partial charge in [-0.1, -0.05) is 89.1 Å². The molecule has 0 aliphatic heterocycles. The fourth-order valence-corrected chi connectivity index (χ4v) is 6.21. The molecule has 0 saturated heterocycles. The second kappa shape index (κ2) is 21.1. The standard InChI is InChI=1S/C43H54O9/c1-5-6-7-8-33-9-13-35(14-10-33)36-17-19-39(20-18-36)48-27-34-11-15-37(16-12-34)38-23-40(49-28-51-42(46)30(2)21-22-44)25-41(24-38)50-29-52-43(47)32(4)31(3)26-45/h11-12,15-20,23-25,31,33,35,44-45H,2,4-10,13-14,21-22,26-29H2,1,3H3. The number of hydrogen-bond acceptors (Lipinski definition) is 9. The zero-order valence-electron chi connectivity index (χ0n) is 30.6. The van der Waals surface area contributed by atoms with Crippen LogP contribution in [-0.2, 0) is 25.7 Å². The number of aliphatic hydroxyl groups excluding tert-OH is 2. The van der Waals surface area contributed by atoms with Crippen molar-refractivity contribution in [1.29, 1.82) is 0 Å². The van der Waals surface area contributed by atoms with Gasteiger partial charge in [0.05, 0.1) is 0 Å². The van der Waals surface area contributed by atoms with Crippen LogP contribution < -0.4 is 14.2 Å². The highest BCUT2D eigenvalue weighted by molar-refractivity contribution is 5.88. The van der Waals surface area contributed by atoms with E-state index in [-0.39, 0.29) is 30.8 Å². The van der Waals surface area contributed by atoms with Gasteiger partial charge in [0.25, 0.3) is 0 Å². The summed E-state index contributed by atoms with van der Waals surface area (Å²) in [6, 6.07) is 21.6. The van der Waals surface area contributed by atoms with E-state index in [2.05, 4.69) is 44.3 Å². The molecule has 280 valence electrons. The molecule has 0 heterocycles. The largest absolute Gasteiger partial charge is 0.489 e. The van der Waals surface area contributed by atoms with E-state index < -0.39 is 31.4 Å². The molecule has 1 fully saturated rings. The van der Waals surface area contributed by atoms with Crippen molar-refractivity contribution in [3.63, 3.8) is 0 Å². The first-order valence-electron chi connectivity index (χ1n) is 18.4. The number of unbranched alkanes of at least 4 members (excludes halogenated alkanes) is 2. The average Bonchev–Trinajstić information content (AvgIpc) is 3.17. The minimum atomic E-state index is -0.673. The van der Waals surface area contributed by atoms with E-state index in [0.29, 0.717) is 24.0 Å².